The number of nitrogens with one attached hydrogen (secondary N) is 4. The van der Waals surface area contributed by atoms with Gasteiger partial charge in [0.1, 0.15) is 20.2 Å². The number of nitrogens with two attached hydrogens (primary N) is 1. The first-order valence-electron chi connectivity index (χ1n) is 14.1. The van der Waals surface area contributed by atoms with Crippen molar-refractivity contribution in [2.24, 2.45) is 0 Å². The summed E-state index contributed by atoms with van der Waals surface area (Å²) in [6, 6.07) is 6.42. The van der Waals surface area contributed by atoms with E-state index in [1.807, 2.05) is 0 Å². The van der Waals surface area contributed by atoms with Gasteiger partial charge in [-0.1, -0.05) is 24.3 Å². The molecule has 4 rings (SSSR count). The molecule has 8 N–H and O–H groups in total. The number of benzene rings is 2. The third-order valence-corrected chi connectivity index (χ3v) is 8.05. The minimum Gasteiger partial charge on any atom is -0.744 e. The standard InChI is InChI=1S/C27H33N11O9S2.2Na/c1-14(12-39)29-23-33-22(28)34-25(35-23)31-18-8-6-16(20(10-18)48(41,42)43)4-5-17-7-9-19(11-21(17)49(44,45)46)32-26-36-24(30-15(2)13-40)37-27(38-26)47-3;;/h4-11,14-15,39-40H,12-13H2,1-3H3,(H,41,42,43)(H,44,45,46)(H2,30,32,36,37,38)(H4,28,29,31,33,34,35);;/q;2*+1/p-2. The van der Waals surface area contributed by atoms with Crippen molar-refractivity contribution >= 4 is 73.5 Å². The van der Waals surface area contributed by atoms with E-state index in [0.29, 0.717) is 0 Å². The molecule has 20 nitrogen and oxygen atoms in total. The molecule has 2 aromatic heterocycles. The number of methoxy groups -OCH3 is 1. The molecule has 0 amide bonds. The molecule has 2 unspecified atom stereocenters. The van der Waals surface area contributed by atoms with Crippen LogP contribution in [0.1, 0.15) is 25.0 Å². The summed E-state index contributed by atoms with van der Waals surface area (Å²) >= 11 is 0. The number of nitrogens with zero attached hydrogens (tertiary/aromatic N) is 6. The molecular formula is C27H31N11Na2O9S2. The minimum atomic E-state index is -5.09. The van der Waals surface area contributed by atoms with Gasteiger partial charge in [0.25, 0.3) is 0 Å². The molecule has 0 spiro atoms. The molecular weight excluding hydrogens is 732 g/mol. The van der Waals surface area contributed by atoms with Crippen molar-refractivity contribution in [3.05, 3.63) is 47.5 Å². The number of hydrogen-bond donors (Lipinski definition) is 7. The Labute approximate surface area is 337 Å². The van der Waals surface area contributed by atoms with Crippen molar-refractivity contribution in [3.63, 3.8) is 0 Å². The monoisotopic (exact) mass is 763 g/mol. The van der Waals surface area contributed by atoms with Crippen LogP contribution in [0.4, 0.5) is 41.1 Å². The molecule has 0 fully saturated rings. The van der Waals surface area contributed by atoms with Gasteiger partial charge < -0.3 is 51.1 Å². The fourth-order valence-corrected chi connectivity index (χ4v) is 5.38. The molecule has 24 heteroatoms. The second-order valence-corrected chi connectivity index (χ2v) is 13.0. The maximum absolute atomic E-state index is 12.2. The summed E-state index contributed by atoms with van der Waals surface area (Å²) in [5.74, 6) is -0.290. The topological polar surface area (TPSA) is 316 Å². The number of aliphatic hydroxyl groups is 2. The van der Waals surface area contributed by atoms with Crippen LogP contribution >= 0.6 is 0 Å². The zero-order valence-corrected chi connectivity index (χ0v) is 33.7. The molecule has 0 radical (unpaired) electrons. The number of ether oxygens (including phenoxy) is 1. The number of nitrogen functional groups attached to an aromatic ring is 1. The first kappa shape index (κ1) is 43.9. The molecule has 2 heterocycles. The van der Waals surface area contributed by atoms with Crippen LogP contribution in [0.15, 0.2) is 46.2 Å². The van der Waals surface area contributed by atoms with Gasteiger partial charge in [-0.15, -0.1) is 0 Å². The van der Waals surface area contributed by atoms with Crippen LogP contribution in [0.25, 0.3) is 12.2 Å². The molecule has 262 valence electrons. The Morgan fingerprint density at radius 1 is 0.725 bits per heavy atom. The van der Waals surface area contributed by atoms with Crippen molar-refractivity contribution in [2.45, 2.75) is 35.7 Å². The van der Waals surface area contributed by atoms with Crippen LogP contribution in [-0.2, 0) is 20.2 Å². The molecule has 0 aliphatic rings. The van der Waals surface area contributed by atoms with Crippen LogP contribution in [-0.4, -0.2) is 98.5 Å². The van der Waals surface area contributed by atoms with Crippen LogP contribution in [0, 0.1) is 0 Å². The van der Waals surface area contributed by atoms with Crippen LogP contribution in [0.3, 0.4) is 0 Å². The summed E-state index contributed by atoms with van der Waals surface area (Å²) in [4.78, 5) is 22.8. The third-order valence-electron chi connectivity index (χ3n) is 6.27. The molecule has 2 atom stereocenters. The van der Waals surface area contributed by atoms with E-state index in [1.165, 1.54) is 31.4 Å². The average molecular weight is 764 g/mol. The second kappa shape index (κ2) is 19.0. The minimum absolute atomic E-state index is 0. The summed E-state index contributed by atoms with van der Waals surface area (Å²) < 4.78 is 78.4. The molecule has 0 aliphatic carbocycles. The molecule has 0 bridgehead atoms. The van der Waals surface area contributed by atoms with Crippen molar-refractivity contribution in [2.75, 3.05) is 47.3 Å². The van der Waals surface area contributed by atoms with E-state index < -0.39 is 42.1 Å². The number of hydrogen-bond acceptors (Lipinski definition) is 20. The smallest absolute Gasteiger partial charge is 0.744 e. The fourth-order valence-electron chi connectivity index (χ4n) is 3.98. The molecule has 0 aliphatic heterocycles. The van der Waals surface area contributed by atoms with Gasteiger partial charge in [0.15, 0.2) is 0 Å². The zero-order chi connectivity index (χ0) is 35.9. The third kappa shape index (κ3) is 12.7. The number of aromatic nitrogens is 6. The summed E-state index contributed by atoms with van der Waals surface area (Å²) in [7, 11) is -8.86. The molecule has 0 saturated heterocycles. The summed E-state index contributed by atoms with van der Waals surface area (Å²) in [6.07, 6.45) is 2.31. The SMILES string of the molecule is COc1nc(Nc2ccc(C=Cc3ccc(Nc4nc(N)nc(NC(C)CO)n4)cc3S(=O)(=O)[O-])c(S(=O)(=O)[O-])c2)nc(NC(C)CO)n1.[Na+].[Na+]. The van der Waals surface area contributed by atoms with E-state index in [1.54, 1.807) is 13.8 Å². The van der Waals surface area contributed by atoms with Crippen molar-refractivity contribution in [1.82, 2.24) is 29.9 Å². The molecule has 2 aromatic carbocycles. The summed E-state index contributed by atoms with van der Waals surface area (Å²) in [6.45, 7) is 2.89. The van der Waals surface area contributed by atoms with Crippen molar-refractivity contribution in [3.8, 4) is 6.01 Å². The number of rotatable bonds is 15. The molecule has 51 heavy (non-hydrogen) atoms. The van der Waals surface area contributed by atoms with Crippen molar-refractivity contribution in [1.29, 1.82) is 0 Å². The summed E-state index contributed by atoms with van der Waals surface area (Å²) in [5, 5.41) is 29.7. The fraction of sp³-hybridized carbons (Fsp3) is 0.259. The Hall–Kier alpha value is -3.26. The van der Waals surface area contributed by atoms with Gasteiger partial charge in [-0.25, -0.2) is 16.8 Å². The number of anilines is 7. The van der Waals surface area contributed by atoms with E-state index in [4.69, 9.17) is 10.5 Å². The predicted octanol–water partition coefficient (Wildman–Crippen LogP) is -5.29. The Morgan fingerprint density at radius 3 is 1.53 bits per heavy atom. The van der Waals surface area contributed by atoms with E-state index in [0.717, 1.165) is 24.3 Å². The number of aliphatic hydroxyl groups excluding tert-OH is 2. The Bertz CT molecular complexity index is 2080. The van der Waals surface area contributed by atoms with E-state index in [2.05, 4.69) is 51.2 Å². The van der Waals surface area contributed by atoms with Crippen LogP contribution in [0.2, 0.25) is 0 Å². The van der Waals surface area contributed by atoms with Gasteiger partial charge in [-0.05, 0) is 49.2 Å². The van der Waals surface area contributed by atoms with Gasteiger partial charge in [0.05, 0.1) is 30.1 Å². The van der Waals surface area contributed by atoms with E-state index >= 15 is 0 Å². The van der Waals surface area contributed by atoms with E-state index in [-0.39, 0.29) is 131 Å². The van der Waals surface area contributed by atoms with Gasteiger partial charge in [-0.2, -0.15) is 29.9 Å². The maximum Gasteiger partial charge on any atom is 1.00 e. The van der Waals surface area contributed by atoms with Gasteiger partial charge >= 0.3 is 65.1 Å². The zero-order valence-electron chi connectivity index (χ0n) is 28.0. The quantitative estimate of drug-likeness (QED) is 0.0338. The Balaban J connectivity index is 0.00000451. The average Bonchev–Trinajstić information content (AvgIpc) is 3.03. The first-order valence-corrected chi connectivity index (χ1v) is 16.9. The normalized spacial score (nSPS) is 12.6. The van der Waals surface area contributed by atoms with Gasteiger partial charge in [-0.3, -0.25) is 0 Å². The van der Waals surface area contributed by atoms with Gasteiger partial charge in [0, 0.05) is 23.5 Å². The largest absolute Gasteiger partial charge is 1.00 e. The van der Waals surface area contributed by atoms with Gasteiger partial charge in [0.2, 0.25) is 29.7 Å². The van der Waals surface area contributed by atoms with E-state index in [9.17, 15) is 36.2 Å². The second-order valence-electron chi connectivity index (χ2n) is 10.3. The van der Waals surface area contributed by atoms with Crippen LogP contribution < -0.4 is 90.9 Å². The molecule has 4 aromatic rings. The maximum atomic E-state index is 12.2. The Morgan fingerprint density at radius 2 is 1.12 bits per heavy atom. The van der Waals surface area contributed by atoms with Crippen LogP contribution in [0.5, 0.6) is 6.01 Å². The Kier molecular flexibility index (Phi) is 16.4. The molecule has 0 saturated carbocycles. The summed E-state index contributed by atoms with van der Waals surface area (Å²) in [5.41, 5.74) is 5.64. The predicted molar refractivity (Wildman–Crippen MR) is 175 cm³/mol. The first-order chi connectivity index (χ1) is 23.1. The van der Waals surface area contributed by atoms with Crippen molar-refractivity contribution < 1.29 is 100 Å².